The first-order chi connectivity index (χ1) is 10.2. The van der Waals surface area contributed by atoms with E-state index >= 15 is 0 Å². The molecule has 5 nitrogen and oxygen atoms in total. The van der Waals surface area contributed by atoms with Gasteiger partial charge in [-0.05, 0) is 25.0 Å². The molecular weight excluding hydrogens is 268 g/mol. The predicted octanol–water partition coefficient (Wildman–Crippen LogP) is 2.33. The fraction of sp³-hybridized carbons (Fsp3) is 0.438. The zero-order valence-electron chi connectivity index (χ0n) is 12.0. The molecule has 1 saturated heterocycles. The normalized spacial score (nSPS) is 14.6. The van der Waals surface area contributed by atoms with Gasteiger partial charge in [0.2, 0.25) is 17.7 Å². The van der Waals surface area contributed by atoms with E-state index < -0.39 is 0 Å². The van der Waals surface area contributed by atoms with Crippen molar-refractivity contribution in [2.45, 2.75) is 38.5 Å². The second kappa shape index (κ2) is 7.57. The lowest BCUT2D eigenvalue weighted by molar-refractivity contribution is -0.138. The summed E-state index contributed by atoms with van der Waals surface area (Å²) in [4.78, 5) is 35.8. The molecule has 0 radical (unpaired) electrons. The summed E-state index contributed by atoms with van der Waals surface area (Å²) in [7, 11) is 0. The minimum Gasteiger partial charge on any atom is -0.326 e. The van der Waals surface area contributed by atoms with Crippen LogP contribution in [0.3, 0.4) is 0 Å². The second-order valence-corrected chi connectivity index (χ2v) is 5.16. The van der Waals surface area contributed by atoms with Gasteiger partial charge in [-0.25, -0.2) is 0 Å². The summed E-state index contributed by atoms with van der Waals surface area (Å²) < 4.78 is 0. The maximum absolute atomic E-state index is 11.7. The SMILES string of the molecule is O=C(CCCCCN1C(=O)CCC1=O)Nc1ccccc1. The Bertz CT molecular complexity index is 498. The van der Waals surface area contributed by atoms with E-state index in [4.69, 9.17) is 0 Å². The molecule has 1 aliphatic heterocycles. The Morgan fingerprint density at radius 1 is 1.00 bits per heavy atom. The fourth-order valence-electron chi connectivity index (χ4n) is 2.35. The Morgan fingerprint density at radius 2 is 1.67 bits per heavy atom. The number of likely N-dealkylation sites (tertiary alicyclic amines) is 1. The highest BCUT2D eigenvalue weighted by atomic mass is 16.2. The highest BCUT2D eigenvalue weighted by Crippen LogP contribution is 2.13. The minimum atomic E-state index is -0.0678. The average molecular weight is 288 g/mol. The molecule has 112 valence electrons. The van der Waals surface area contributed by atoms with Crippen molar-refractivity contribution >= 4 is 23.4 Å². The molecule has 1 heterocycles. The summed E-state index contributed by atoms with van der Waals surface area (Å²) in [6, 6.07) is 9.35. The van der Waals surface area contributed by atoms with Crippen LogP contribution >= 0.6 is 0 Å². The molecule has 0 bridgehead atoms. The first kappa shape index (κ1) is 15.2. The summed E-state index contributed by atoms with van der Waals surface area (Å²) in [6.07, 6.45) is 3.50. The monoisotopic (exact) mass is 288 g/mol. The van der Waals surface area contributed by atoms with Gasteiger partial charge in [-0.3, -0.25) is 19.3 Å². The molecule has 0 atom stereocenters. The van der Waals surface area contributed by atoms with Crippen molar-refractivity contribution in [3.63, 3.8) is 0 Å². The number of benzene rings is 1. The highest BCUT2D eigenvalue weighted by Gasteiger charge is 2.27. The number of rotatable bonds is 7. The third-order valence-electron chi connectivity index (χ3n) is 3.50. The van der Waals surface area contributed by atoms with Gasteiger partial charge in [0, 0.05) is 31.5 Å². The number of nitrogens with one attached hydrogen (secondary N) is 1. The van der Waals surface area contributed by atoms with E-state index in [0.717, 1.165) is 24.9 Å². The largest absolute Gasteiger partial charge is 0.326 e. The lowest BCUT2D eigenvalue weighted by Gasteiger charge is -2.13. The summed E-state index contributed by atoms with van der Waals surface area (Å²) in [6.45, 7) is 0.484. The third-order valence-corrected chi connectivity index (χ3v) is 3.50. The van der Waals surface area contributed by atoms with Crippen LogP contribution in [-0.2, 0) is 14.4 Å². The van der Waals surface area contributed by atoms with E-state index in [1.165, 1.54) is 4.90 Å². The van der Waals surface area contributed by atoms with Gasteiger partial charge in [0.1, 0.15) is 0 Å². The highest BCUT2D eigenvalue weighted by molar-refractivity contribution is 6.01. The maximum Gasteiger partial charge on any atom is 0.229 e. The van der Waals surface area contributed by atoms with Gasteiger partial charge < -0.3 is 5.32 Å². The molecule has 0 aromatic heterocycles. The van der Waals surface area contributed by atoms with Crippen molar-refractivity contribution in [1.82, 2.24) is 4.90 Å². The molecule has 1 aromatic rings. The van der Waals surface area contributed by atoms with Crippen LogP contribution < -0.4 is 5.32 Å². The number of carbonyl (C=O) groups is 3. The standard InChI is InChI=1S/C16H20N2O3/c19-14(17-13-7-3-1-4-8-13)9-5-2-6-12-18-15(20)10-11-16(18)21/h1,3-4,7-8H,2,5-6,9-12H2,(H,17,19). The average Bonchev–Trinajstić information content (AvgIpc) is 2.79. The van der Waals surface area contributed by atoms with Gasteiger partial charge >= 0.3 is 0 Å². The number of carbonyl (C=O) groups excluding carboxylic acids is 3. The molecule has 21 heavy (non-hydrogen) atoms. The van der Waals surface area contributed by atoms with Gasteiger partial charge in [0.15, 0.2) is 0 Å². The molecule has 2 rings (SSSR count). The van der Waals surface area contributed by atoms with E-state index in [1.807, 2.05) is 30.3 Å². The molecule has 1 N–H and O–H groups in total. The van der Waals surface area contributed by atoms with E-state index in [9.17, 15) is 14.4 Å². The van der Waals surface area contributed by atoms with Gasteiger partial charge in [-0.2, -0.15) is 0 Å². The molecule has 0 unspecified atom stereocenters. The second-order valence-electron chi connectivity index (χ2n) is 5.16. The first-order valence-corrected chi connectivity index (χ1v) is 7.35. The van der Waals surface area contributed by atoms with Crippen LogP contribution in [0.5, 0.6) is 0 Å². The van der Waals surface area contributed by atoms with Crippen molar-refractivity contribution in [2.75, 3.05) is 11.9 Å². The van der Waals surface area contributed by atoms with Crippen LogP contribution in [0.2, 0.25) is 0 Å². The Labute approximate surface area is 124 Å². The molecule has 0 saturated carbocycles. The van der Waals surface area contributed by atoms with E-state index in [0.29, 0.717) is 25.8 Å². The number of unbranched alkanes of at least 4 members (excludes halogenated alkanes) is 2. The van der Waals surface area contributed by atoms with Gasteiger partial charge in [-0.15, -0.1) is 0 Å². The Hall–Kier alpha value is -2.17. The summed E-state index contributed by atoms with van der Waals surface area (Å²) in [5, 5.41) is 2.83. The third kappa shape index (κ3) is 4.70. The van der Waals surface area contributed by atoms with Crippen LogP contribution in [0.1, 0.15) is 38.5 Å². The zero-order valence-corrected chi connectivity index (χ0v) is 12.0. The lowest BCUT2D eigenvalue weighted by Crippen LogP contribution is -2.29. The lowest BCUT2D eigenvalue weighted by atomic mass is 10.2. The smallest absolute Gasteiger partial charge is 0.229 e. The topological polar surface area (TPSA) is 66.5 Å². The fourth-order valence-corrected chi connectivity index (χ4v) is 2.35. The Morgan fingerprint density at radius 3 is 2.33 bits per heavy atom. The van der Waals surface area contributed by atoms with Crippen LogP contribution in [0.4, 0.5) is 5.69 Å². The Kier molecular flexibility index (Phi) is 5.49. The number of hydrogen-bond donors (Lipinski definition) is 1. The Balaban J connectivity index is 1.58. The van der Waals surface area contributed by atoms with Crippen LogP contribution in [-0.4, -0.2) is 29.2 Å². The quantitative estimate of drug-likeness (QED) is 0.618. The van der Waals surface area contributed by atoms with E-state index in [1.54, 1.807) is 0 Å². The predicted molar refractivity (Wildman–Crippen MR) is 79.5 cm³/mol. The van der Waals surface area contributed by atoms with Crippen LogP contribution in [0, 0.1) is 0 Å². The summed E-state index contributed by atoms with van der Waals surface area (Å²) >= 11 is 0. The van der Waals surface area contributed by atoms with Crippen molar-refractivity contribution in [3.8, 4) is 0 Å². The van der Waals surface area contributed by atoms with E-state index in [-0.39, 0.29) is 17.7 Å². The number of hydrogen-bond acceptors (Lipinski definition) is 3. The number of anilines is 1. The van der Waals surface area contributed by atoms with E-state index in [2.05, 4.69) is 5.32 Å². The minimum absolute atomic E-state index is 0.00507. The van der Waals surface area contributed by atoms with Crippen molar-refractivity contribution in [1.29, 1.82) is 0 Å². The molecule has 1 aromatic carbocycles. The summed E-state index contributed by atoms with van der Waals surface area (Å²) in [5.74, 6) is -0.141. The van der Waals surface area contributed by atoms with Crippen LogP contribution in [0.15, 0.2) is 30.3 Å². The molecule has 0 aliphatic carbocycles. The number of para-hydroxylation sites is 1. The van der Waals surface area contributed by atoms with Gasteiger partial charge in [-0.1, -0.05) is 24.6 Å². The first-order valence-electron chi connectivity index (χ1n) is 7.35. The molecule has 1 aliphatic rings. The summed E-state index contributed by atoms with van der Waals surface area (Å²) in [5.41, 5.74) is 0.802. The number of amides is 3. The van der Waals surface area contributed by atoms with Gasteiger partial charge in [0.25, 0.3) is 0 Å². The molecule has 0 spiro atoms. The van der Waals surface area contributed by atoms with Crippen LogP contribution in [0.25, 0.3) is 0 Å². The molecule has 1 fully saturated rings. The van der Waals surface area contributed by atoms with Crippen molar-refractivity contribution < 1.29 is 14.4 Å². The molecular formula is C16H20N2O3. The zero-order chi connectivity index (χ0) is 15.1. The molecule has 5 heteroatoms. The maximum atomic E-state index is 11.7. The number of imide groups is 1. The van der Waals surface area contributed by atoms with Crippen molar-refractivity contribution in [3.05, 3.63) is 30.3 Å². The van der Waals surface area contributed by atoms with Gasteiger partial charge in [0.05, 0.1) is 0 Å². The van der Waals surface area contributed by atoms with Crippen molar-refractivity contribution in [2.24, 2.45) is 0 Å². The number of nitrogens with zero attached hydrogens (tertiary/aromatic N) is 1. The molecule has 3 amide bonds.